The third-order valence-corrected chi connectivity index (χ3v) is 2.40. The van der Waals surface area contributed by atoms with Gasteiger partial charge in [-0.05, 0) is 16.2 Å². The number of anilines is 1. The van der Waals surface area contributed by atoms with Crippen molar-refractivity contribution in [3.05, 3.63) is 5.69 Å². The van der Waals surface area contributed by atoms with Gasteiger partial charge in [-0.15, -0.1) is 0 Å². The summed E-state index contributed by atoms with van der Waals surface area (Å²) in [6, 6.07) is 0. The van der Waals surface area contributed by atoms with Gasteiger partial charge in [-0.25, -0.2) is 4.63 Å². The first-order valence-corrected chi connectivity index (χ1v) is 5.89. The molecular weight excluding hydrogens is 252 g/mol. The topological polar surface area (TPSA) is 112 Å². The van der Waals surface area contributed by atoms with Crippen LogP contribution >= 0.6 is 0 Å². The van der Waals surface area contributed by atoms with Gasteiger partial charge >= 0.3 is 5.97 Å². The van der Waals surface area contributed by atoms with Crippen molar-refractivity contribution in [2.24, 2.45) is 5.92 Å². The number of aromatic nitrogens is 2. The van der Waals surface area contributed by atoms with E-state index in [4.69, 9.17) is 5.73 Å². The standard InChI is InChI=1S/C11H18N4O4/c1-7(2)6-15(5-4-8(16)18-3)11(17)9-10(12)14-19-13-9/h7H,4-6H2,1-3H3,(H2,12,14). The van der Waals surface area contributed by atoms with E-state index < -0.39 is 5.91 Å². The van der Waals surface area contributed by atoms with Crippen molar-refractivity contribution >= 4 is 17.7 Å². The van der Waals surface area contributed by atoms with Gasteiger partial charge < -0.3 is 15.4 Å². The van der Waals surface area contributed by atoms with Gasteiger partial charge in [0.15, 0.2) is 0 Å². The minimum atomic E-state index is -0.406. The lowest BCUT2D eigenvalue weighted by Gasteiger charge is -2.23. The van der Waals surface area contributed by atoms with Crippen LogP contribution in [0.5, 0.6) is 0 Å². The van der Waals surface area contributed by atoms with Crippen LogP contribution in [0, 0.1) is 5.92 Å². The molecule has 0 unspecified atom stereocenters. The summed E-state index contributed by atoms with van der Waals surface area (Å²) in [6.07, 6.45) is 0.111. The van der Waals surface area contributed by atoms with Crippen LogP contribution in [0.3, 0.4) is 0 Å². The van der Waals surface area contributed by atoms with Gasteiger partial charge in [-0.1, -0.05) is 13.8 Å². The fraction of sp³-hybridized carbons (Fsp3) is 0.636. The van der Waals surface area contributed by atoms with E-state index in [1.54, 1.807) is 0 Å². The molecule has 8 heteroatoms. The quantitative estimate of drug-likeness (QED) is 0.740. The second-order valence-electron chi connectivity index (χ2n) is 4.47. The Morgan fingerprint density at radius 2 is 2.11 bits per heavy atom. The number of nitrogens with zero attached hydrogens (tertiary/aromatic N) is 3. The molecule has 1 rings (SSSR count). The summed E-state index contributed by atoms with van der Waals surface area (Å²) in [7, 11) is 1.30. The van der Waals surface area contributed by atoms with E-state index >= 15 is 0 Å². The largest absolute Gasteiger partial charge is 0.469 e. The average Bonchev–Trinajstić information content (AvgIpc) is 2.78. The highest BCUT2D eigenvalue weighted by Crippen LogP contribution is 2.11. The van der Waals surface area contributed by atoms with E-state index in [-0.39, 0.29) is 36.4 Å². The molecule has 106 valence electrons. The number of ether oxygens (including phenoxy) is 1. The highest BCUT2D eigenvalue weighted by atomic mass is 16.6. The number of carbonyl (C=O) groups is 2. The number of amides is 1. The van der Waals surface area contributed by atoms with Crippen molar-refractivity contribution < 1.29 is 19.0 Å². The summed E-state index contributed by atoms with van der Waals surface area (Å²) in [5.74, 6) is -0.608. The smallest absolute Gasteiger partial charge is 0.307 e. The molecule has 1 aromatic rings. The predicted octanol–water partition coefficient (Wildman–Crippen LogP) is 0.313. The van der Waals surface area contributed by atoms with Gasteiger partial charge in [0, 0.05) is 13.1 Å². The maximum absolute atomic E-state index is 12.2. The lowest BCUT2D eigenvalue weighted by atomic mass is 10.2. The second kappa shape index (κ2) is 6.72. The normalized spacial score (nSPS) is 10.5. The Morgan fingerprint density at radius 3 is 2.58 bits per heavy atom. The fourth-order valence-electron chi connectivity index (χ4n) is 1.54. The van der Waals surface area contributed by atoms with Crippen LogP contribution in [0.1, 0.15) is 30.8 Å². The number of nitrogens with two attached hydrogens (primary N) is 1. The lowest BCUT2D eigenvalue weighted by Crippen LogP contribution is -2.36. The number of nitrogen functional groups attached to an aromatic ring is 1. The van der Waals surface area contributed by atoms with Gasteiger partial charge in [-0.2, -0.15) is 0 Å². The van der Waals surface area contributed by atoms with E-state index in [1.165, 1.54) is 12.0 Å². The first-order chi connectivity index (χ1) is 8.95. The second-order valence-corrected chi connectivity index (χ2v) is 4.47. The number of hydrogen-bond acceptors (Lipinski definition) is 7. The number of hydrogen-bond donors (Lipinski definition) is 1. The van der Waals surface area contributed by atoms with Crippen molar-refractivity contribution in [3.8, 4) is 0 Å². The van der Waals surface area contributed by atoms with Crippen LogP contribution in [0.25, 0.3) is 0 Å². The van der Waals surface area contributed by atoms with Crippen LogP contribution < -0.4 is 5.73 Å². The molecule has 0 radical (unpaired) electrons. The van der Waals surface area contributed by atoms with Gasteiger partial charge in [0.25, 0.3) is 5.91 Å². The first-order valence-electron chi connectivity index (χ1n) is 5.89. The molecule has 0 aromatic carbocycles. The Morgan fingerprint density at radius 1 is 1.42 bits per heavy atom. The van der Waals surface area contributed by atoms with Crippen molar-refractivity contribution in [3.63, 3.8) is 0 Å². The van der Waals surface area contributed by atoms with E-state index in [0.717, 1.165) is 0 Å². The summed E-state index contributed by atoms with van der Waals surface area (Å²) in [6.45, 7) is 4.63. The van der Waals surface area contributed by atoms with Gasteiger partial charge in [0.1, 0.15) is 0 Å². The summed E-state index contributed by atoms with van der Waals surface area (Å²) in [4.78, 5) is 24.8. The molecule has 1 amide bonds. The number of carbonyl (C=O) groups excluding carboxylic acids is 2. The van der Waals surface area contributed by atoms with Crippen LogP contribution in [0.15, 0.2) is 4.63 Å². The lowest BCUT2D eigenvalue weighted by molar-refractivity contribution is -0.140. The molecule has 2 N–H and O–H groups in total. The SMILES string of the molecule is COC(=O)CCN(CC(C)C)C(=O)c1nonc1N. The molecule has 0 aliphatic carbocycles. The fourth-order valence-corrected chi connectivity index (χ4v) is 1.54. The molecular formula is C11H18N4O4. The molecule has 8 nitrogen and oxygen atoms in total. The van der Waals surface area contributed by atoms with Gasteiger partial charge in [-0.3, -0.25) is 9.59 Å². The molecule has 0 aliphatic rings. The third kappa shape index (κ3) is 4.23. The first kappa shape index (κ1) is 14.9. The maximum atomic E-state index is 12.2. The van der Waals surface area contributed by atoms with E-state index in [0.29, 0.717) is 6.54 Å². The Kier molecular flexibility index (Phi) is 5.28. The summed E-state index contributed by atoms with van der Waals surface area (Å²) in [5.41, 5.74) is 5.45. The zero-order valence-corrected chi connectivity index (χ0v) is 11.3. The number of methoxy groups -OCH3 is 1. The third-order valence-electron chi connectivity index (χ3n) is 2.40. The molecule has 0 atom stereocenters. The molecule has 0 saturated carbocycles. The Balaban J connectivity index is 2.76. The minimum absolute atomic E-state index is 0.0366. The molecule has 1 heterocycles. The predicted molar refractivity (Wildman–Crippen MR) is 66.1 cm³/mol. The summed E-state index contributed by atoms with van der Waals surface area (Å²) < 4.78 is 8.96. The Bertz CT molecular complexity index is 444. The van der Waals surface area contributed by atoms with E-state index in [9.17, 15) is 9.59 Å². The Hall–Kier alpha value is -2.12. The number of esters is 1. The number of rotatable bonds is 6. The van der Waals surface area contributed by atoms with Crippen LogP contribution in [0.2, 0.25) is 0 Å². The monoisotopic (exact) mass is 270 g/mol. The van der Waals surface area contributed by atoms with Gasteiger partial charge in [0.2, 0.25) is 11.5 Å². The van der Waals surface area contributed by atoms with Crippen LogP contribution in [-0.2, 0) is 9.53 Å². The highest BCUT2D eigenvalue weighted by Gasteiger charge is 2.24. The van der Waals surface area contributed by atoms with E-state index in [1.807, 2.05) is 13.8 Å². The summed E-state index contributed by atoms with van der Waals surface area (Å²) >= 11 is 0. The molecule has 0 saturated heterocycles. The van der Waals surface area contributed by atoms with Crippen LogP contribution in [-0.4, -0.2) is 47.3 Å². The van der Waals surface area contributed by atoms with Crippen LogP contribution in [0.4, 0.5) is 5.82 Å². The van der Waals surface area contributed by atoms with Gasteiger partial charge in [0.05, 0.1) is 13.5 Å². The van der Waals surface area contributed by atoms with Crippen molar-refractivity contribution in [2.45, 2.75) is 20.3 Å². The minimum Gasteiger partial charge on any atom is -0.469 e. The summed E-state index contributed by atoms with van der Waals surface area (Å²) in [5, 5.41) is 6.84. The Labute approximate surface area is 110 Å². The van der Waals surface area contributed by atoms with Crippen molar-refractivity contribution in [1.29, 1.82) is 0 Å². The average molecular weight is 270 g/mol. The zero-order chi connectivity index (χ0) is 14.4. The van der Waals surface area contributed by atoms with E-state index in [2.05, 4.69) is 19.7 Å². The molecule has 1 aromatic heterocycles. The van der Waals surface area contributed by atoms with Crippen molar-refractivity contribution in [1.82, 2.24) is 15.2 Å². The molecule has 0 aliphatic heterocycles. The molecule has 0 spiro atoms. The maximum Gasteiger partial charge on any atom is 0.307 e. The zero-order valence-electron chi connectivity index (χ0n) is 11.3. The highest BCUT2D eigenvalue weighted by molar-refractivity contribution is 5.96. The molecule has 0 fully saturated rings. The molecule has 0 bridgehead atoms. The molecule has 19 heavy (non-hydrogen) atoms. The van der Waals surface area contributed by atoms with Crippen molar-refractivity contribution in [2.75, 3.05) is 25.9 Å².